The van der Waals surface area contributed by atoms with E-state index in [0.29, 0.717) is 28.0 Å². The minimum absolute atomic E-state index is 0.330. The lowest BCUT2D eigenvalue weighted by Gasteiger charge is -2.32. The van der Waals surface area contributed by atoms with Crippen LogP contribution in [0.1, 0.15) is 18.9 Å². The Hall–Kier alpha value is -2.84. The molecule has 0 aliphatic rings. The molecule has 2 N–H and O–H groups in total. The van der Waals surface area contributed by atoms with Crippen molar-refractivity contribution in [1.29, 1.82) is 0 Å². The average Bonchev–Trinajstić information content (AvgIpc) is 3.02. The molecular weight excluding hydrogens is 339 g/mol. The Bertz CT molecular complexity index is 985. The number of hydrogen-bond donors (Lipinski definition) is 1. The van der Waals surface area contributed by atoms with Crippen molar-refractivity contribution < 1.29 is 4.39 Å². The molecule has 1 atom stereocenters. The third-order valence-electron chi connectivity index (χ3n) is 4.37. The number of fused-ring (bicyclic) bond motifs is 1. The van der Waals surface area contributed by atoms with Crippen LogP contribution in [-0.4, -0.2) is 9.78 Å². The lowest BCUT2D eigenvalue weighted by Crippen LogP contribution is -2.33. The molecule has 0 saturated carbocycles. The number of nitrogens with zero attached hydrogens (tertiary/aromatic N) is 3. The molecule has 126 valence electrons. The molecule has 0 amide bonds. The molecule has 3 aromatic rings. The number of halogens is 2. The van der Waals surface area contributed by atoms with E-state index in [1.807, 2.05) is 19.1 Å². The van der Waals surface area contributed by atoms with E-state index >= 15 is 0 Å². The highest BCUT2D eigenvalue weighted by Crippen LogP contribution is 2.36. The summed E-state index contributed by atoms with van der Waals surface area (Å²) in [5, 5.41) is 5.76. The monoisotopic (exact) mass is 354 g/mol. The van der Waals surface area contributed by atoms with Crippen LogP contribution in [0.3, 0.4) is 0 Å². The van der Waals surface area contributed by atoms with E-state index in [0.717, 1.165) is 5.56 Å². The topological polar surface area (TPSA) is 48.2 Å². The number of nitrogen functional groups attached to an aromatic ring is 1. The molecule has 0 saturated heterocycles. The maximum absolute atomic E-state index is 13.9. The van der Waals surface area contributed by atoms with Crippen LogP contribution in [0.15, 0.2) is 54.9 Å². The van der Waals surface area contributed by atoms with Crippen LogP contribution in [0.5, 0.6) is 0 Å². The van der Waals surface area contributed by atoms with Gasteiger partial charge in [0.25, 0.3) is 0 Å². The summed E-state index contributed by atoms with van der Waals surface area (Å²) in [4.78, 5) is 3.34. The summed E-state index contributed by atoms with van der Waals surface area (Å²) in [6, 6.07) is 10.0. The number of hydrogen-bond acceptors (Lipinski definition) is 2. The first kappa shape index (κ1) is 17.0. The van der Waals surface area contributed by atoms with Crippen LogP contribution in [-0.2, 0) is 5.54 Å². The zero-order valence-corrected chi connectivity index (χ0v) is 14.3. The number of rotatable bonds is 4. The first-order chi connectivity index (χ1) is 12.0. The maximum atomic E-state index is 13.9. The molecule has 0 aliphatic heterocycles. The van der Waals surface area contributed by atoms with Crippen molar-refractivity contribution in [2.45, 2.75) is 18.9 Å². The number of benzene rings is 2. The van der Waals surface area contributed by atoms with Gasteiger partial charge < -0.3 is 5.73 Å². The first-order valence-electron chi connectivity index (χ1n) is 7.75. The van der Waals surface area contributed by atoms with Crippen molar-refractivity contribution in [2.24, 2.45) is 0 Å². The van der Waals surface area contributed by atoms with Gasteiger partial charge in [0.1, 0.15) is 5.82 Å². The highest BCUT2D eigenvalue weighted by atomic mass is 35.5. The van der Waals surface area contributed by atoms with E-state index in [-0.39, 0.29) is 0 Å². The lowest BCUT2D eigenvalue weighted by molar-refractivity contribution is 0.402. The van der Waals surface area contributed by atoms with E-state index in [4.69, 9.17) is 23.9 Å². The minimum atomic E-state index is -0.753. The normalized spacial score (nSPS) is 13.8. The van der Waals surface area contributed by atoms with Crippen molar-refractivity contribution in [3.63, 3.8) is 0 Å². The largest absolute Gasteiger partial charge is 0.398 e. The van der Waals surface area contributed by atoms with Crippen molar-refractivity contribution in [3.8, 4) is 0 Å². The fourth-order valence-corrected chi connectivity index (χ4v) is 3.22. The predicted molar refractivity (Wildman–Crippen MR) is 98.7 cm³/mol. The summed E-state index contributed by atoms with van der Waals surface area (Å²) in [6.45, 7) is 9.10. The van der Waals surface area contributed by atoms with Gasteiger partial charge in [-0.2, -0.15) is 5.10 Å². The van der Waals surface area contributed by atoms with Gasteiger partial charge in [0.2, 0.25) is 0 Å². The molecule has 0 fully saturated rings. The number of anilines is 1. The Labute approximate surface area is 150 Å². The fourth-order valence-electron chi connectivity index (χ4n) is 3.10. The summed E-state index contributed by atoms with van der Waals surface area (Å²) in [5.41, 5.74) is 6.98. The lowest BCUT2D eigenvalue weighted by atomic mass is 9.87. The van der Waals surface area contributed by atoms with E-state index in [1.165, 1.54) is 18.3 Å². The van der Waals surface area contributed by atoms with Crippen LogP contribution in [0.2, 0.25) is 5.02 Å². The third-order valence-corrected chi connectivity index (χ3v) is 4.62. The zero-order chi connectivity index (χ0) is 18.0. The Morgan fingerprint density at radius 1 is 1.36 bits per heavy atom. The molecule has 2 aromatic carbocycles. The number of nitrogens with two attached hydrogens (primary N) is 1. The SMILES string of the molecule is [C-]#[N+]/C=C/C(CC)(c1ccc(Cl)cc1)n1ncc2c(N)cc(F)cc21. The van der Waals surface area contributed by atoms with Gasteiger partial charge in [0, 0.05) is 16.1 Å². The Kier molecular flexibility index (Phi) is 4.47. The molecule has 6 heteroatoms. The fraction of sp³-hybridized carbons (Fsp3) is 0.158. The summed E-state index contributed by atoms with van der Waals surface area (Å²) in [7, 11) is 0. The van der Waals surface area contributed by atoms with Crippen LogP contribution in [0, 0.1) is 12.4 Å². The van der Waals surface area contributed by atoms with Crippen molar-refractivity contribution in [2.75, 3.05) is 5.73 Å². The molecule has 25 heavy (non-hydrogen) atoms. The Morgan fingerprint density at radius 2 is 2.08 bits per heavy atom. The van der Waals surface area contributed by atoms with E-state index in [2.05, 4.69) is 9.94 Å². The second-order valence-electron chi connectivity index (χ2n) is 5.71. The zero-order valence-electron chi connectivity index (χ0n) is 13.6. The Morgan fingerprint density at radius 3 is 2.72 bits per heavy atom. The van der Waals surface area contributed by atoms with E-state index in [1.54, 1.807) is 29.1 Å². The summed E-state index contributed by atoms with van der Waals surface area (Å²) >= 11 is 6.02. The van der Waals surface area contributed by atoms with Crippen LogP contribution in [0.25, 0.3) is 15.7 Å². The molecule has 0 bridgehead atoms. The molecule has 1 unspecified atom stereocenters. The smallest absolute Gasteiger partial charge is 0.153 e. The quantitative estimate of drug-likeness (QED) is 0.529. The molecule has 1 heterocycles. The van der Waals surface area contributed by atoms with Gasteiger partial charge in [0.05, 0.1) is 23.8 Å². The van der Waals surface area contributed by atoms with Gasteiger partial charge in [-0.15, -0.1) is 0 Å². The molecule has 1 aromatic heterocycles. The van der Waals surface area contributed by atoms with Gasteiger partial charge in [-0.1, -0.05) is 36.7 Å². The highest BCUT2D eigenvalue weighted by Gasteiger charge is 2.32. The minimum Gasteiger partial charge on any atom is -0.398 e. The third kappa shape index (κ3) is 2.86. The van der Waals surface area contributed by atoms with E-state index in [9.17, 15) is 4.39 Å². The number of allylic oxidation sites excluding steroid dienone is 1. The number of aromatic nitrogens is 2. The second kappa shape index (κ2) is 6.58. The van der Waals surface area contributed by atoms with Crippen molar-refractivity contribution >= 4 is 28.2 Å². The summed E-state index contributed by atoms with van der Waals surface area (Å²) < 4.78 is 15.7. The highest BCUT2D eigenvalue weighted by molar-refractivity contribution is 6.30. The summed E-state index contributed by atoms with van der Waals surface area (Å²) in [6.07, 6.45) is 5.40. The van der Waals surface area contributed by atoms with E-state index < -0.39 is 11.4 Å². The van der Waals surface area contributed by atoms with Gasteiger partial charge >= 0.3 is 0 Å². The standard InChI is InChI=1S/C19H16ClFN4/c1-3-19(8-9-23-2,13-4-6-14(20)7-5-13)25-18-11-15(21)10-17(22)16(18)12-24-25/h4-12H,3,22H2,1H3/b9-8+. The van der Waals surface area contributed by atoms with Gasteiger partial charge in [-0.25, -0.2) is 9.24 Å². The van der Waals surface area contributed by atoms with Crippen molar-refractivity contribution in [3.05, 3.63) is 82.7 Å². The average molecular weight is 355 g/mol. The van der Waals surface area contributed by atoms with Crippen molar-refractivity contribution in [1.82, 2.24) is 9.78 Å². The summed E-state index contributed by atoms with van der Waals surface area (Å²) in [5.74, 6) is -0.429. The first-order valence-corrected chi connectivity index (χ1v) is 8.13. The van der Waals surface area contributed by atoms with Gasteiger partial charge in [-0.05, 0) is 36.2 Å². The molecule has 4 nitrogen and oxygen atoms in total. The van der Waals surface area contributed by atoms with Gasteiger partial charge in [-0.3, -0.25) is 4.68 Å². The van der Waals surface area contributed by atoms with Crippen LogP contribution in [0.4, 0.5) is 10.1 Å². The van der Waals surface area contributed by atoms with Crippen LogP contribution < -0.4 is 5.73 Å². The molecule has 0 aliphatic carbocycles. The second-order valence-corrected chi connectivity index (χ2v) is 6.15. The molecular formula is C19H16ClFN4. The Balaban J connectivity index is 2.34. The molecule has 0 spiro atoms. The van der Waals surface area contributed by atoms with Crippen LogP contribution >= 0.6 is 11.6 Å². The maximum Gasteiger partial charge on any atom is 0.153 e. The molecule has 3 rings (SSSR count). The predicted octanol–water partition coefficient (Wildman–Crippen LogP) is 5.00. The van der Waals surface area contributed by atoms with Gasteiger partial charge in [0.15, 0.2) is 6.20 Å². The molecule has 0 radical (unpaired) electrons.